The molecule has 0 saturated heterocycles. The highest BCUT2D eigenvalue weighted by Gasteiger charge is 2.15. The Morgan fingerprint density at radius 3 is 2.24 bits per heavy atom. The van der Waals surface area contributed by atoms with E-state index in [0.29, 0.717) is 5.41 Å². The average molecular weight is 234 g/mol. The quantitative estimate of drug-likeness (QED) is 0.448. The lowest BCUT2D eigenvalue weighted by atomic mass is 9.83. The Hall–Kier alpha value is -0.780. The lowest BCUT2D eigenvalue weighted by molar-refractivity contribution is 0.381. The fourth-order valence-corrected chi connectivity index (χ4v) is 1.76. The summed E-state index contributed by atoms with van der Waals surface area (Å²) in [6, 6.07) is 0. The van der Waals surface area contributed by atoms with E-state index < -0.39 is 0 Å². The lowest BCUT2D eigenvalue weighted by Crippen LogP contribution is -2.10. The van der Waals surface area contributed by atoms with Gasteiger partial charge in [0.25, 0.3) is 0 Å². The topological polar surface area (TPSA) is 0 Å². The van der Waals surface area contributed by atoms with Crippen LogP contribution in [0.2, 0.25) is 0 Å². The van der Waals surface area contributed by atoms with Gasteiger partial charge < -0.3 is 0 Å². The molecule has 0 amide bonds. The maximum Gasteiger partial charge on any atom is -0.0149 e. The van der Waals surface area contributed by atoms with Crippen LogP contribution in [0, 0.1) is 5.41 Å². The first-order valence-electron chi connectivity index (χ1n) is 6.86. The summed E-state index contributed by atoms with van der Waals surface area (Å²) in [5.74, 6) is 0. The van der Waals surface area contributed by atoms with Crippen LogP contribution in [-0.4, -0.2) is 0 Å². The summed E-state index contributed by atoms with van der Waals surface area (Å²) in [5.41, 5.74) is 3.25. The molecule has 0 saturated carbocycles. The fourth-order valence-electron chi connectivity index (χ4n) is 1.76. The third-order valence-electron chi connectivity index (χ3n) is 3.60. The lowest BCUT2D eigenvalue weighted by Gasteiger charge is -2.22. The summed E-state index contributed by atoms with van der Waals surface area (Å²) in [7, 11) is 0. The van der Waals surface area contributed by atoms with Crippen molar-refractivity contribution in [3.05, 3.63) is 36.0 Å². The molecule has 1 atom stereocenters. The van der Waals surface area contributed by atoms with Crippen molar-refractivity contribution in [2.24, 2.45) is 5.41 Å². The molecule has 0 fully saturated rings. The molecule has 0 radical (unpaired) electrons. The Bertz CT molecular complexity index is 276. The summed E-state index contributed by atoms with van der Waals surface area (Å²) in [6.45, 7) is 15.1. The van der Waals surface area contributed by atoms with Crippen molar-refractivity contribution in [1.82, 2.24) is 0 Å². The van der Waals surface area contributed by atoms with E-state index in [4.69, 9.17) is 0 Å². The molecule has 0 rings (SSSR count). The molecular formula is C17H30. The van der Waals surface area contributed by atoms with E-state index in [1.807, 2.05) is 0 Å². The molecule has 0 nitrogen and oxygen atoms in total. The number of allylic oxidation sites excluding steroid dienone is 5. The van der Waals surface area contributed by atoms with Gasteiger partial charge >= 0.3 is 0 Å². The van der Waals surface area contributed by atoms with Gasteiger partial charge in [-0.25, -0.2) is 0 Å². The number of hydrogen-bond donors (Lipinski definition) is 0. The number of rotatable bonds is 8. The first kappa shape index (κ1) is 16.2. The van der Waals surface area contributed by atoms with E-state index >= 15 is 0 Å². The predicted octanol–water partition coefficient (Wildman–Crippen LogP) is 6.06. The smallest absolute Gasteiger partial charge is 0.0149 e. The van der Waals surface area contributed by atoms with Gasteiger partial charge in [-0.05, 0) is 58.3 Å². The molecule has 1 unspecified atom stereocenters. The maximum absolute atomic E-state index is 3.94. The van der Waals surface area contributed by atoms with Crippen molar-refractivity contribution >= 4 is 0 Å². The van der Waals surface area contributed by atoms with Gasteiger partial charge in [-0.1, -0.05) is 43.2 Å². The maximum atomic E-state index is 3.94. The molecule has 17 heavy (non-hydrogen) atoms. The van der Waals surface area contributed by atoms with Crippen molar-refractivity contribution < 1.29 is 0 Å². The SMILES string of the molecule is C=CC(C)(CC)CC/C=C(\C)CCC=C(C)C. The van der Waals surface area contributed by atoms with E-state index in [-0.39, 0.29) is 0 Å². The van der Waals surface area contributed by atoms with Gasteiger partial charge in [-0.15, -0.1) is 6.58 Å². The molecule has 0 aromatic rings. The second kappa shape index (κ2) is 8.33. The van der Waals surface area contributed by atoms with Crippen molar-refractivity contribution in [1.29, 1.82) is 0 Å². The van der Waals surface area contributed by atoms with E-state index in [9.17, 15) is 0 Å². The van der Waals surface area contributed by atoms with Gasteiger partial charge in [0.05, 0.1) is 0 Å². The summed E-state index contributed by atoms with van der Waals surface area (Å²) in [6.07, 6.45) is 12.8. The van der Waals surface area contributed by atoms with Gasteiger partial charge in [0, 0.05) is 0 Å². The first-order valence-corrected chi connectivity index (χ1v) is 6.86. The molecule has 0 aliphatic carbocycles. The molecule has 0 heteroatoms. The molecule has 0 heterocycles. The zero-order valence-corrected chi connectivity index (χ0v) is 12.5. The zero-order valence-electron chi connectivity index (χ0n) is 12.5. The van der Waals surface area contributed by atoms with Crippen molar-refractivity contribution in [3.8, 4) is 0 Å². The molecule has 0 aliphatic rings. The Labute approximate surface area is 109 Å². The Morgan fingerprint density at radius 2 is 1.76 bits per heavy atom. The third kappa shape index (κ3) is 8.01. The Balaban J connectivity index is 3.99. The monoisotopic (exact) mass is 234 g/mol. The van der Waals surface area contributed by atoms with Crippen LogP contribution in [0.25, 0.3) is 0 Å². The molecule has 0 spiro atoms. The zero-order chi connectivity index (χ0) is 13.3. The van der Waals surface area contributed by atoms with Gasteiger partial charge in [-0.2, -0.15) is 0 Å². The average Bonchev–Trinajstić information content (AvgIpc) is 2.28. The van der Waals surface area contributed by atoms with E-state index in [0.717, 1.165) is 0 Å². The second-order valence-corrected chi connectivity index (χ2v) is 5.62. The standard InChI is InChI=1S/C17H30/c1-7-17(6,8-2)14-10-13-16(5)12-9-11-15(3)4/h7,11,13H,1,8-10,12,14H2,2-6H3/b16-13+. The minimum atomic E-state index is 0.316. The number of hydrogen-bond acceptors (Lipinski definition) is 0. The van der Waals surface area contributed by atoms with Crippen LogP contribution < -0.4 is 0 Å². The van der Waals surface area contributed by atoms with Crippen LogP contribution in [0.5, 0.6) is 0 Å². The van der Waals surface area contributed by atoms with Crippen LogP contribution in [0.15, 0.2) is 36.0 Å². The molecule has 0 aliphatic heterocycles. The molecule has 98 valence electrons. The highest BCUT2D eigenvalue weighted by molar-refractivity contribution is 5.03. The highest BCUT2D eigenvalue weighted by Crippen LogP contribution is 2.28. The van der Waals surface area contributed by atoms with Crippen LogP contribution in [-0.2, 0) is 0 Å². The second-order valence-electron chi connectivity index (χ2n) is 5.62. The van der Waals surface area contributed by atoms with E-state index in [1.54, 1.807) is 0 Å². The third-order valence-corrected chi connectivity index (χ3v) is 3.60. The molecule has 0 aromatic heterocycles. The normalized spacial score (nSPS) is 15.2. The molecular weight excluding hydrogens is 204 g/mol. The van der Waals surface area contributed by atoms with Crippen LogP contribution in [0.3, 0.4) is 0 Å². The van der Waals surface area contributed by atoms with E-state index in [1.165, 1.54) is 43.3 Å². The van der Waals surface area contributed by atoms with Crippen molar-refractivity contribution in [3.63, 3.8) is 0 Å². The van der Waals surface area contributed by atoms with Gasteiger partial charge in [0.1, 0.15) is 0 Å². The summed E-state index contributed by atoms with van der Waals surface area (Å²) in [5, 5.41) is 0. The van der Waals surface area contributed by atoms with E-state index in [2.05, 4.69) is 59.4 Å². The van der Waals surface area contributed by atoms with Gasteiger partial charge in [0.2, 0.25) is 0 Å². The molecule has 0 aromatic carbocycles. The Morgan fingerprint density at radius 1 is 1.12 bits per heavy atom. The van der Waals surface area contributed by atoms with Crippen molar-refractivity contribution in [2.75, 3.05) is 0 Å². The Kier molecular flexibility index (Phi) is 7.95. The van der Waals surface area contributed by atoms with Crippen LogP contribution in [0.4, 0.5) is 0 Å². The summed E-state index contributed by atoms with van der Waals surface area (Å²) in [4.78, 5) is 0. The van der Waals surface area contributed by atoms with Gasteiger partial charge in [-0.3, -0.25) is 0 Å². The molecule has 0 N–H and O–H groups in total. The van der Waals surface area contributed by atoms with Crippen molar-refractivity contribution in [2.45, 2.75) is 66.7 Å². The minimum Gasteiger partial charge on any atom is -0.103 e. The van der Waals surface area contributed by atoms with Crippen LogP contribution >= 0.6 is 0 Å². The summed E-state index contributed by atoms with van der Waals surface area (Å²) < 4.78 is 0. The van der Waals surface area contributed by atoms with Crippen LogP contribution in [0.1, 0.15) is 66.7 Å². The van der Waals surface area contributed by atoms with Gasteiger partial charge in [0.15, 0.2) is 0 Å². The largest absolute Gasteiger partial charge is 0.103 e. The minimum absolute atomic E-state index is 0.316. The summed E-state index contributed by atoms with van der Waals surface area (Å²) >= 11 is 0. The fraction of sp³-hybridized carbons (Fsp3) is 0.647. The molecule has 0 bridgehead atoms. The predicted molar refractivity (Wildman–Crippen MR) is 80.3 cm³/mol. The highest BCUT2D eigenvalue weighted by atomic mass is 14.2. The first-order chi connectivity index (χ1) is 7.93.